The van der Waals surface area contributed by atoms with Crippen molar-refractivity contribution in [1.82, 2.24) is 0 Å². The molecule has 0 saturated carbocycles. The highest BCUT2D eigenvalue weighted by atomic mass is 79.9. The van der Waals surface area contributed by atoms with Gasteiger partial charge in [-0.1, -0.05) is 35.0 Å². The van der Waals surface area contributed by atoms with E-state index in [4.69, 9.17) is 0 Å². The number of allylic oxidation sites excluding steroid dienone is 1. The van der Waals surface area contributed by atoms with E-state index in [-0.39, 0.29) is 5.54 Å². The number of rotatable bonds is 2. The average Bonchev–Trinajstić information content (AvgIpc) is 2.58. The van der Waals surface area contributed by atoms with Crippen molar-refractivity contribution in [1.29, 1.82) is 5.26 Å². The first-order valence-corrected chi connectivity index (χ1v) is 9.78. The summed E-state index contributed by atoms with van der Waals surface area (Å²) >= 11 is 3.49. The van der Waals surface area contributed by atoms with Gasteiger partial charge in [-0.15, -0.1) is 0 Å². The van der Waals surface area contributed by atoms with E-state index in [0.29, 0.717) is 11.5 Å². The van der Waals surface area contributed by atoms with Gasteiger partial charge in [0.2, 0.25) is 0 Å². The van der Waals surface area contributed by atoms with Gasteiger partial charge in [0.25, 0.3) is 0 Å². The van der Waals surface area contributed by atoms with Crippen LogP contribution in [0.4, 0.5) is 5.69 Å². The van der Waals surface area contributed by atoms with Crippen LogP contribution in [-0.4, -0.2) is 12.6 Å². The molecule has 0 aromatic heterocycles. The van der Waals surface area contributed by atoms with Crippen LogP contribution in [0.25, 0.3) is 11.6 Å². The van der Waals surface area contributed by atoms with Crippen LogP contribution in [-0.2, 0) is 0 Å². The second-order valence-electron chi connectivity index (χ2n) is 7.92. The Morgan fingerprint density at radius 1 is 1.31 bits per heavy atom. The summed E-state index contributed by atoms with van der Waals surface area (Å²) in [5.74, 6) is 0.500. The smallest absolute Gasteiger partial charge is 0.0998 e. The van der Waals surface area contributed by atoms with Crippen LogP contribution in [0.1, 0.15) is 55.4 Å². The fourth-order valence-corrected chi connectivity index (χ4v) is 4.28. The van der Waals surface area contributed by atoms with Crippen LogP contribution in [0.5, 0.6) is 0 Å². The molecule has 0 spiro atoms. The summed E-state index contributed by atoms with van der Waals surface area (Å²) in [6.45, 7) is 9.03. The number of hydrogen-bond acceptors (Lipinski definition) is 2. The molecule has 0 aliphatic carbocycles. The van der Waals surface area contributed by atoms with Crippen LogP contribution in [0.3, 0.4) is 0 Å². The summed E-state index contributed by atoms with van der Waals surface area (Å²) in [5, 5.41) is 9.68. The quantitative estimate of drug-likeness (QED) is 0.416. The maximum absolute atomic E-state index is 9.68. The van der Waals surface area contributed by atoms with Crippen molar-refractivity contribution in [2.24, 2.45) is 0 Å². The average molecular weight is 409 g/mol. The van der Waals surface area contributed by atoms with E-state index in [1.54, 1.807) is 0 Å². The van der Waals surface area contributed by atoms with Crippen LogP contribution in [0, 0.1) is 18.3 Å². The highest BCUT2D eigenvalue weighted by Crippen LogP contribution is 2.43. The monoisotopic (exact) mass is 408 g/mol. The Hall–Kier alpha value is -2.05. The molecule has 0 N–H and O–H groups in total. The van der Waals surface area contributed by atoms with E-state index in [0.717, 1.165) is 22.0 Å². The summed E-state index contributed by atoms with van der Waals surface area (Å²) in [6, 6.07) is 14.8. The minimum Gasteiger partial charge on any atom is -0.369 e. The number of nitrogens with zero attached hydrogens (tertiary/aromatic N) is 2. The molecule has 0 amide bonds. The highest BCUT2D eigenvalue weighted by molar-refractivity contribution is 9.10. The van der Waals surface area contributed by atoms with Crippen LogP contribution in [0.15, 0.2) is 40.9 Å². The van der Waals surface area contributed by atoms with E-state index in [9.17, 15) is 5.26 Å². The minimum absolute atomic E-state index is 0.157. The zero-order valence-electron chi connectivity index (χ0n) is 16.1. The maximum Gasteiger partial charge on any atom is 0.0998 e. The first-order valence-electron chi connectivity index (χ1n) is 8.99. The predicted octanol–water partition coefficient (Wildman–Crippen LogP) is 6.54. The molecule has 0 fully saturated rings. The molecule has 1 aliphatic heterocycles. The van der Waals surface area contributed by atoms with Gasteiger partial charge < -0.3 is 4.90 Å². The predicted molar refractivity (Wildman–Crippen MR) is 114 cm³/mol. The fourth-order valence-electron chi connectivity index (χ4n) is 3.88. The summed E-state index contributed by atoms with van der Waals surface area (Å²) in [4.78, 5) is 2.39. The summed E-state index contributed by atoms with van der Waals surface area (Å²) < 4.78 is 0.982. The van der Waals surface area contributed by atoms with Gasteiger partial charge in [-0.25, -0.2) is 0 Å². The Morgan fingerprint density at radius 2 is 2.04 bits per heavy atom. The normalized spacial score (nSPS) is 19.0. The lowest BCUT2D eigenvalue weighted by Crippen LogP contribution is -2.45. The van der Waals surface area contributed by atoms with Gasteiger partial charge in [-0.3, -0.25) is 0 Å². The molecule has 2 nitrogen and oxygen atoms in total. The molecule has 0 bridgehead atoms. The van der Waals surface area contributed by atoms with Gasteiger partial charge in [0, 0.05) is 22.7 Å². The molecule has 2 aromatic carbocycles. The Kier molecular flexibility index (Phi) is 4.99. The van der Waals surface area contributed by atoms with Gasteiger partial charge in [0.15, 0.2) is 0 Å². The molecule has 26 heavy (non-hydrogen) atoms. The summed E-state index contributed by atoms with van der Waals surface area (Å²) in [5.41, 5.74) is 6.78. The second-order valence-corrected chi connectivity index (χ2v) is 8.84. The second kappa shape index (κ2) is 6.93. The molecule has 3 rings (SSSR count). The topological polar surface area (TPSA) is 27.0 Å². The number of fused-ring (bicyclic) bond motifs is 1. The van der Waals surface area contributed by atoms with E-state index in [2.05, 4.69) is 73.8 Å². The molecule has 1 aliphatic rings. The first kappa shape index (κ1) is 18.7. The van der Waals surface area contributed by atoms with E-state index in [1.165, 1.54) is 16.8 Å². The molecule has 1 heterocycles. The fraction of sp³-hybridized carbons (Fsp3) is 0.348. The molecule has 1 atom stereocenters. The number of halogens is 1. The Balaban J connectivity index is 2.10. The number of hydrogen-bond donors (Lipinski definition) is 0. The number of aryl methyl sites for hydroxylation is 1. The molecular weight excluding hydrogens is 384 g/mol. The van der Waals surface area contributed by atoms with Crippen molar-refractivity contribution in [3.05, 3.63) is 63.1 Å². The molecule has 2 aromatic rings. The molecular formula is C23H25BrN2. The Labute approximate surface area is 165 Å². The van der Waals surface area contributed by atoms with Crippen molar-refractivity contribution in [3.63, 3.8) is 0 Å². The van der Waals surface area contributed by atoms with Gasteiger partial charge in [0.1, 0.15) is 0 Å². The maximum atomic E-state index is 9.68. The van der Waals surface area contributed by atoms with E-state index >= 15 is 0 Å². The lowest BCUT2D eigenvalue weighted by Gasteiger charge is -2.45. The third kappa shape index (κ3) is 3.44. The minimum atomic E-state index is 0.157. The Morgan fingerprint density at radius 3 is 2.69 bits per heavy atom. The lowest BCUT2D eigenvalue weighted by molar-refractivity contribution is 0.395. The van der Waals surface area contributed by atoms with Gasteiger partial charge in [-0.05, 0) is 85.7 Å². The van der Waals surface area contributed by atoms with Gasteiger partial charge >= 0.3 is 0 Å². The Bertz CT molecular complexity index is 918. The van der Waals surface area contributed by atoms with E-state index < -0.39 is 0 Å². The number of nitriles is 1. The highest BCUT2D eigenvalue weighted by Gasteiger charge is 2.34. The van der Waals surface area contributed by atoms with Crippen molar-refractivity contribution in [2.45, 2.75) is 45.6 Å². The van der Waals surface area contributed by atoms with Gasteiger partial charge in [-0.2, -0.15) is 5.26 Å². The third-order valence-corrected chi connectivity index (χ3v) is 6.07. The zero-order chi connectivity index (χ0) is 19.1. The zero-order valence-corrected chi connectivity index (χ0v) is 17.7. The van der Waals surface area contributed by atoms with Crippen LogP contribution < -0.4 is 4.90 Å². The molecule has 3 heteroatoms. The van der Waals surface area contributed by atoms with Crippen LogP contribution in [0.2, 0.25) is 0 Å². The molecule has 0 saturated heterocycles. The summed E-state index contributed by atoms with van der Waals surface area (Å²) in [7, 11) is 2.18. The molecule has 0 radical (unpaired) electrons. The van der Waals surface area contributed by atoms with E-state index in [1.807, 2.05) is 30.3 Å². The van der Waals surface area contributed by atoms with Crippen molar-refractivity contribution in [2.75, 3.05) is 11.9 Å². The van der Waals surface area contributed by atoms with Gasteiger partial charge in [0.05, 0.1) is 11.6 Å². The SMILES string of the molecule is Cc1cc2c(cc1/C=C(\C#N)c1cccc(Br)c1)C(C)CC(C)(C)N2C. The van der Waals surface area contributed by atoms with Crippen molar-refractivity contribution >= 4 is 33.3 Å². The third-order valence-electron chi connectivity index (χ3n) is 5.58. The largest absolute Gasteiger partial charge is 0.369 e. The standard InChI is InChI=1S/C23H25BrN2/c1-15-9-22-21(16(2)13-23(3,4)26(22)5)12-18(15)10-19(14-25)17-7-6-8-20(24)11-17/h6-12,16H,13H2,1-5H3/b19-10+. The first-order chi connectivity index (χ1) is 12.2. The number of benzene rings is 2. The van der Waals surface area contributed by atoms with Crippen molar-refractivity contribution < 1.29 is 0 Å². The lowest BCUT2D eigenvalue weighted by atomic mass is 9.79. The van der Waals surface area contributed by atoms with Crippen molar-refractivity contribution in [3.8, 4) is 6.07 Å². The van der Waals surface area contributed by atoms with Crippen LogP contribution >= 0.6 is 15.9 Å². The summed E-state index contributed by atoms with van der Waals surface area (Å²) in [6.07, 6.45) is 3.14. The number of anilines is 1. The molecule has 134 valence electrons. The molecule has 1 unspecified atom stereocenters.